The number of hydrogen-bond donors (Lipinski definition) is 1. The van der Waals surface area contributed by atoms with Crippen molar-refractivity contribution in [1.29, 1.82) is 0 Å². The fourth-order valence-electron chi connectivity index (χ4n) is 4.95. The van der Waals surface area contributed by atoms with Gasteiger partial charge in [0.1, 0.15) is 6.61 Å². The summed E-state index contributed by atoms with van der Waals surface area (Å²) in [5.41, 5.74) is 0. The van der Waals surface area contributed by atoms with Gasteiger partial charge in [-0.1, -0.05) is 142 Å². The SMILES string of the molecule is CCC/C=C/CCCCCCCCCC(=O)O[C@H](COC(=O)CCCCCCCCCCCCCCC)COP(=O)(O)OC. The van der Waals surface area contributed by atoms with E-state index >= 15 is 0 Å². The maximum Gasteiger partial charge on any atom is 0.472 e. The summed E-state index contributed by atoms with van der Waals surface area (Å²) < 4.78 is 31.8. The normalized spacial score (nSPS) is 13.6. The maximum atomic E-state index is 12.4. The molecule has 0 aliphatic heterocycles. The number of phosphoric acid groups is 1. The first kappa shape index (κ1) is 42.8. The Bertz CT molecular complexity index is 742. The largest absolute Gasteiger partial charge is 0.472 e. The molecule has 44 heavy (non-hydrogen) atoms. The van der Waals surface area contributed by atoms with E-state index in [4.69, 9.17) is 14.0 Å². The molecule has 0 saturated carbocycles. The summed E-state index contributed by atoms with van der Waals surface area (Å²) in [4.78, 5) is 34.2. The Morgan fingerprint density at radius 3 is 1.57 bits per heavy atom. The van der Waals surface area contributed by atoms with E-state index in [2.05, 4.69) is 30.5 Å². The van der Waals surface area contributed by atoms with Crippen LogP contribution in [0.15, 0.2) is 12.2 Å². The van der Waals surface area contributed by atoms with Crippen LogP contribution in [0.5, 0.6) is 0 Å². The van der Waals surface area contributed by atoms with Gasteiger partial charge in [-0.15, -0.1) is 0 Å². The quantitative estimate of drug-likeness (QED) is 0.0325. The highest BCUT2D eigenvalue weighted by atomic mass is 31.2. The van der Waals surface area contributed by atoms with Crippen molar-refractivity contribution in [2.24, 2.45) is 0 Å². The number of rotatable bonds is 33. The Kier molecular flexibility index (Phi) is 30.9. The van der Waals surface area contributed by atoms with Crippen LogP contribution in [0.1, 0.15) is 174 Å². The molecule has 0 aromatic rings. The summed E-state index contributed by atoms with van der Waals surface area (Å²) in [5.74, 6) is -0.805. The molecule has 0 radical (unpaired) electrons. The van der Waals surface area contributed by atoms with Crippen LogP contribution in [-0.2, 0) is 32.7 Å². The lowest BCUT2D eigenvalue weighted by atomic mass is 10.0. The van der Waals surface area contributed by atoms with Gasteiger partial charge < -0.3 is 14.4 Å². The zero-order valence-electron chi connectivity index (χ0n) is 28.6. The van der Waals surface area contributed by atoms with Crippen LogP contribution < -0.4 is 0 Å². The smallest absolute Gasteiger partial charge is 0.462 e. The lowest BCUT2D eigenvalue weighted by molar-refractivity contribution is -0.161. The molecule has 9 heteroatoms. The second-order valence-corrected chi connectivity index (χ2v) is 13.6. The third-order valence-corrected chi connectivity index (χ3v) is 8.68. The number of unbranched alkanes of at least 4 members (excludes halogenated alkanes) is 20. The first-order valence-electron chi connectivity index (χ1n) is 17.9. The van der Waals surface area contributed by atoms with Gasteiger partial charge in [-0.3, -0.25) is 18.6 Å². The van der Waals surface area contributed by atoms with Crippen molar-refractivity contribution in [2.45, 2.75) is 180 Å². The fraction of sp³-hybridized carbons (Fsp3) is 0.886. The number of ether oxygens (including phenoxy) is 2. The van der Waals surface area contributed by atoms with Crippen molar-refractivity contribution in [3.63, 3.8) is 0 Å². The zero-order valence-corrected chi connectivity index (χ0v) is 29.5. The average Bonchev–Trinajstić information content (AvgIpc) is 3.01. The third kappa shape index (κ3) is 30.8. The molecule has 0 aromatic heterocycles. The predicted molar refractivity (Wildman–Crippen MR) is 180 cm³/mol. The van der Waals surface area contributed by atoms with E-state index in [1.165, 1.54) is 89.9 Å². The van der Waals surface area contributed by atoms with Gasteiger partial charge in [0, 0.05) is 20.0 Å². The zero-order chi connectivity index (χ0) is 32.6. The van der Waals surface area contributed by atoms with E-state index < -0.39 is 26.5 Å². The highest BCUT2D eigenvalue weighted by Crippen LogP contribution is 2.42. The van der Waals surface area contributed by atoms with Crippen molar-refractivity contribution in [2.75, 3.05) is 20.3 Å². The number of carbonyl (C=O) groups excluding carboxylic acids is 2. The van der Waals surface area contributed by atoms with Gasteiger partial charge in [0.2, 0.25) is 0 Å². The van der Waals surface area contributed by atoms with Crippen molar-refractivity contribution in [3.05, 3.63) is 12.2 Å². The minimum absolute atomic E-state index is 0.222. The Labute approximate surface area is 270 Å². The van der Waals surface area contributed by atoms with Crippen LogP contribution in [0.3, 0.4) is 0 Å². The van der Waals surface area contributed by atoms with Crippen molar-refractivity contribution in [1.82, 2.24) is 0 Å². The Hall–Kier alpha value is -1.21. The van der Waals surface area contributed by atoms with Crippen molar-refractivity contribution < 1.29 is 37.6 Å². The Morgan fingerprint density at radius 2 is 1.07 bits per heavy atom. The molecule has 0 amide bonds. The first-order valence-corrected chi connectivity index (χ1v) is 19.4. The van der Waals surface area contributed by atoms with Crippen LogP contribution in [0.4, 0.5) is 0 Å². The van der Waals surface area contributed by atoms with Gasteiger partial charge >= 0.3 is 19.8 Å². The van der Waals surface area contributed by atoms with Crippen molar-refractivity contribution >= 4 is 19.8 Å². The fourth-order valence-corrected chi connectivity index (χ4v) is 5.41. The topological polar surface area (TPSA) is 108 Å². The second-order valence-electron chi connectivity index (χ2n) is 12.0. The predicted octanol–water partition coefficient (Wildman–Crippen LogP) is 10.6. The van der Waals surface area contributed by atoms with E-state index in [0.717, 1.165) is 58.5 Å². The van der Waals surface area contributed by atoms with Gasteiger partial charge in [0.15, 0.2) is 6.10 Å². The molecule has 0 rings (SSSR count). The molecular weight excluding hydrogens is 579 g/mol. The molecule has 0 aromatic carbocycles. The van der Waals surface area contributed by atoms with E-state index in [9.17, 15) is 19.0 Å². The summed E-state index contributed by atoms with van der Waals surface area (Å²) in [5, 5.41) is 0. The molecule has 2 atom stereocenters. The van der Waals surface area contributed by atoms with E-state index in [-0.39, 0.29) is 19.0 Å². The lowest BCUT2D eigenvalue weighted by Gasteiger charge is -2.19. The summed E-state index contributed by atoms with van der Waals surface area (Å²) in [6.45, 7) is 3.82. The number of hydrogen-bond acceptors (Lipinski definition) is 7. The summed E-state index contributed by atoms with van der Waals surface area (Å²) in [6.07, 6.45) is 31.2. The van der Waals surface area contributed by atoms with Gasteiger partial charge in [0.25, 0.3) is 0 Å². The lowest BCUT2D eigenvalue weighted by Crippen LogP contribution is -2.29. The number of allylic oxidation sites excluding steroid dienone is 2. The van der Waals surface area contributed by atoms with Gasteiger partial charge in [-0.05, 0) is 32.1 Å². The van der Waals surface area contributed by atoms with E-state index in [1.54, 1.807) is 0 Å². The van der Waals surface area contributed by atoms with E-state index in [1.807, 2.05) is 0 Å². The van der Waals surface area contributed by atoms with E-state index in [0.29, 0.717) is 12.8 Å². The van der Waals surface area contributed by atoms with Crippen LogP contribution in [0.25, 0.3) is 0 Å². The molecular formula is C35H67O8P. The molecule has 0 bridgehead atoms. The standard InChI is InChI=1S/C35H67O8P/c1-4-6-8-10-12-14-16-18-20-21-23-25-27-29-34(36)41-31-33(32-42-44(38,39)40-3)43-35(37)30-28-26-24-22-19-17-15-13-11-9-7-5-2/h9,11,33H,4-8,10,12-32H2,1-3H3,(H,38,39)/b11-9+/t33-/m1/s1. The van der Waals surface area contributed by atoms with Crippen LogP contribution in [0, 0.1) is 0 Å². The molecule has 0 aliphatic rings. The summed E-state index contributed by atoms with van der Waals surface area (Å²) in [6, 6.07) is 0. The molecule has 1 unspecified atom stereocenters. The molecule has 0 spiro atoms. The highest BCUT2D eigenvalue weighted by molar-refractivity contribution is 7.47. The molecule has 0 saturated heterocycles. The summed E-state index contributed by atoms with van der Waals surface area (Å²) >= 11 is 0. The first-order chi connectivity index (χ1) is 21.3. The molecule has 0 heterocycles. The third-order valence-electron chi connectivity index (χ3n) is 7.74. The summed E-state index contributed by atoms with van der Waals surface area (Å²) in [7, 11) is -3.19. The average molecular weight is 647 g/mol. The van der Waals surface area contributed by atoms with Gasteiger partial charge in [-0.2, -0.15) is 0 Å². The van der Waals surface area contributed by atoms with Crippen LogP contribution in [-0.4, -0.2) is 43.3 Å². The molecule has 0 fully saturated rings. The Balaban J connectivity index is 4.07. The second kappa shape index (κ2) is 31.8. The van der Waals surface area contributed by atoms with Crippen LogP contribution in [0.2, 0.25) is 0 Å². The minimum Gasteiger partial charge on any atom is -0.462 e. The van der Waals surface area contributed by atoms with Crippen molar-refractivity contribution in [3.8, 4) is 0 Å². The van der Waals surface area contributed by atoms with Crippen LogP contribution >= 0.6 is 7.82 Å². The minimum atomic E-state index is -4.25. The molecule has 8 nitrogen and oxygen atoms in total. The highest BCUT2D eigenvalue weighted by Gasteiger charge is 2.24. The molecule has 0 aliphatic carbocycles. The molecule has 1 N–H and O–H groups in total. The molecule has 260 valence electrons. The number of carbonyl (C=O) groups is 2. The maximum absolute atomic E-state index is 12.4. The van der Waals surface area contributed by atoms with Gasteiger partial charge in [-0.25, -0.2) is 4.57 Å². The number of esters is 2. The monoisotopic (exact) mass is 646 g/mol. The Morgan fingerprint density at radius 1 is 0.614 bits per heavy atom. The van der Waals surface area contributed by atoms with Gasteiger partial charge in [0.05, 0.1) is 6.61 Å². The number of phosphoric ester groups is 1.